The summed E-state index contributed by atoms with van der Waals surface area (Å²) in [6.45, 7) is 6.96. The van der Waals surface area contributed by atoms with Crippen LogP contribution in [0.25, 0.3) is 0 Å². The average Bonchev–Trinajstić information content (AvgIpc) is 2.70. The van der Waals surface area contributed by atoms with Gasteiger partial charge in [0.1, 0.15) is 0 Å². The van der Waals surface area contributed by atoms with E-state index in [4.69, 9.17) is 11.5 Å². The zero-order valence-electron chi connectivity index (χ0n) is 11.3. The fourth-order valence-electron chi connectivity index (χ4n) is 3.56. The summed E-state index contributed by atoms with van der Waals surface area (Å²) in [4.78, 5) is 12.4. The summed E-state index contributed by atoms with van der Waals surface area (Å²) in [5, 5.41) is 0. The van der Waals surface area contributed by atoms with E-state index in [0.717, 1.165) is 32.2 Å². The van der Waals surface area contributed by atoms with E-state index in [1.54, 1.807) is 0 Å². The first-order valence-electron chi connectivity index (χ1n) is 6.71. The van der Waals surface area contributed by atoms with Crippen LogP contribution in [0.3, 0.4) is 0 Å². The monoisotopic (exact) mass is 240 g/mol. The minimum absolute atomic E-state index is 0.216. The van der Waals surface area contributed by atoms with Gasteiger partial charge in [-0.05, 0) is 33.1 Å². The Bertz CT molecular complexity index is 332. The van der Waals surface area contributed by atoms with Crippen molar-refractivity contribution in [1.82, 2.24) is 0 Å². The molecule has 0 aliphatic carbocycles. The maximum Gasteiger partial charge on any atom is 0.315 e. The van der Waals surface area contributed by atoms with Crippen LogP contribution in [0, 0.1) is 0 Å². The highest BCUT2D eigenvalue weighted by Gasteiger charge is 2.78. The Morgan fingerprint density at radius 3 is 2.65 bits per heavy atom. The summed E-state index contributed by atoms with van der Waals surface area (Å²) >= 11 is 0. The predicted molar refractivity (Wildman–Crippen MR) is 67.9 cm³/mol. The number of nitrogens with two attached hydrogens (primary N) is 2. The highest BCUT2D eigenvalue weighted by molar-refractivity contribution is 5.72. The molecule has 0 saturated carbocycles. The molecule has 4 heteroatoms. The molecular formula is C13H26N3O+. The van der Waals surface area contributed by atoms with E-state index in [9.17, 15) is 4.79 Å². The Hall–Kier alpha value is -0.450. The molecule has 0 radical (unpaired) electrons. The highest BCUT2D eigenvalue weighted by atomic mass is 16.2. The summed E-state index contributed by atoms with van der Waals surface area (Å²) in [7, 11) is 0. The number of hydrogen-bond donors (Lipinski definition) is 2. The zero-order valence-corrected chi connectivity index (χ0v) is 11.3. The first-order valence-corrected chi connectivity index (χ1v) is 6.71. The van der Waals surface area contributed by atoms with Crippen LogP contribution in [0.5, 0.6) is 0 Å². The summed E-state index contributed by atoms with van der Waals surface area (Å²) in [5.74, 6) is 0.335. The average molecular weight is 240 g/mol. The number of hydrogen-bond acceptors (Lipinski definition) is 3. The molecule has 2 rings (SSSR count). The number of nitrogens with zero attached hydrogens (tertiary/aromatic N) is 1. The van der Waals surface area contributed by atoms with E-state index in [2.05, 4.69) is 0 Å². The van der Waals surface area contributed by atoms with E-state index < -0.39 is 5.66 Å². The Kier molecular flexibility index (Phi) is 2.88. The van der Waals surface area contributed by atoms with Crippen LogP contribution < -0.4 is 11.5 Å². The van der Waals surface area contributed by atoms with Gasteiger partial charge in [0.05, 0.1) is 13.0 Å². The largest absolute Gasteiger partial charge is 0.325 e. The van der Waals surface area contributed by atoms with Crippen LogP contribution in [-0.4, -0.2) is 34.2 Å². The van der Waals surface area contributed by atoms with Gasteiger partial charge in [0.15, 0.2) is 6.04 Å². The number of quaternary nitrogens is 1. The Morgan fingerprint density at radius 1 is 1.41 bits per heavy atom. The molecule has 0 aromatic heterocycles. The van der Waals surface area contributed by atoms with E-state index >= 15 is 0 Å². The molecule has 1 spiro atoms. The predicted octanol–water partition coefficient (Wildman–Crippen LogP) is 1.09. The molecule has 3 unspecified atom stereocenters. The Balaban J connectivity index is 2.22. The molecule has 98 valence electrons. The molecule has 2 aliphatic heterocycles. The zero-order chi connectivity index (χ0) is 12.9. The molecule has 2 saturated heterocycles. The maximum absolute atomic E-state index is 12.4. The van der Waals surface area contributed by atoms with E-state index in [1.807, 2.05) is 20.8 Å². The molecule has 4 nitrogen and oxygen atoms in total. The normalized spacial score (nSPS) is 42.6. The third kappa shape index (κ3) is 1.92. The van der Waals surface area contributed by atoms with Crippen LogP contribution in [0.4, 0.5) is 0 Å². The second-order valence-electron chi connectivity index (χ2n) is 6.73. The molecule has 1 amide bonds. The fraction of sp³-hybridized carbons (Fsp3) is 0.923. The lowest BCUT2D eigenvalue weighted by molar-refractivity contribution is -0.763. The van der Waals surface area contributed by atoms with E-state index in [0.29, 0.717) is 16.8 Å². The van der Waals surface area contributed by atoms with Crippen molar-refractivity contribution in [2.24, 2.45) is 11.5 Å². The topological polar surface area (TPSA) is 69.1 Å². The molecule has 2 heterocycles. The van der Waals surface area contributed by atoms with Crippen molar-refractivity contribution in [2.75, 3.05) is 6.54 Å². The van der Waals surface area contributed by atoms with Gasteiger partial charge in [0.25, 0.3) is 0 Å². The van der Waals surface area contributed by atoms with Crippen LogP contribution in [0.2, 0.25) is 0 Å². The minimum atomic E-state index is -0.391. The maximum atomic E-state index is 12.4. The van der Waals surface area contributed by atoms with Gasteiger partial charge in [-0.3, -0.25) is 5.73 Å². The lowest BCUT2D eigenvalue weighted by atomic mass is 9.97. The Labute approximate surface area is 104 Å². The van der Waals surface area contributed by atoms with Crippen LogP contribution in [0.1, 0.15) is 52.9 Å². The quantitative estimate of drug-likeness (QED) is 0.561. The molecule has 17 heavy (non-hydrogen) atoms. The van der Waals surface area contributed by atoms with Gasteiger partial charge in [0, 0.05) is 18.9 Å². The van der Waals surface area contributed by atoms with Crippen LogP contribution >= 0.6 is 0 Å². The summed E-state index contributed by atoms with van der Waals surface area (Å²) in [5.41, 5.74) is 11.8. The summed E-state index contributed by atoms with van der Waals surface area (Å²) in [6, 6.07) is 0.216. The molecule has 0 bridgehead atoms. The van der Waals surface area contributed by atoms with Gasteiger partial charge < -0.3 is 5.73 Å². The van der Waals surface area contributed by atoms with E-state index in [-0.39, 0.29) is 11.6 Å². The van der Waals surface area contributed by atoms with Gasteiger partial charge in [-0.25, -0.2) is 9.28 Å². The van der Waals surface area contributed by atoms with Gasteiger partial charge in [-0.15, -0.1) is 0 Å². The number of carbonyl (C=O) groups is 1. The highest BCUT2D eigenvalue weighted by Crippen LogP contribution is 2.52. The van der Waals surface area contributed by atoms with Crippen molar-refractivity contribution in [3.8, 4) is 0 Å². The van der Waals surface area contributed by atoms with Crippen molar-refractivity contribution in [3.63, 3.8) is 0 Å². The van der Waals surface area contributed by atoms with Gasteiger partial charge in [0.2, 0.25) is 5.66 Å². The van der Waals surface area contributed by atoms with Gasteiger partial charge in [-0.2, -0.15) is 0 Å². The van der Waals surface area contributed by atoms with Crippen molar-refractivity contribution >= 4 is 5.91 Å². The number of amides is 1. The van der Waals surface area contributed by atoms with Crippen LogP contribution in [-0.2, 0) is 4.79 Å². The standard InChI is InChI=1S/C13H26N3O/c1-12(2,14)9-10-13(3,15)16(10)8-6-4-5-7-11(16)17/h10H,4-9,14-15H2,1-3H3/q+1. The molecule has 4 N–H and O–H groups in total. The smallest absolute Gasteiger partial charge is 0.315 e. The van der Waals surface area contributed by atoms with Gasteiger partial charge >= 0.3 is 5.91 Å². The lowest BCUT2D eigenvalue weighted by Gasteiger charge is -2.21. The number of carbonyl (C=O) groups excluding carboxylic acids is 1. The number of rotatable bonds is 2. The SMILES string of the molecule is CC(C)(N)CC1C(C)(N)[N+]12CCCCCC2=O. The molecule has 3 atom stereocenters. The van der Waals surface area contributed by atoms with Crippen molar-refractivity contribution in [2.45, 2.75) is 70.1 Å². The molecule has 2 fully saturated rings. The van der Waals surface area contributed by atoms with E-state index in [1.165, 1.54) is 0 Å². The second kappa shape index (κ2) is 3.77. The first-order chi connectivity index (χ1) is 7.72. The van der Waals surface area contributed by atoms with Crippen molar-refractivity contribution in [3.05, 3.63) is 0 Å². The van der Waals surface area contributed by atoms with Crippen molar-refractivity contribution < 1.29 is 9.28 Å². The van der Waals surface area contributed by atoms with Gasteiger partial charge in [-0.1, -0.05) is 0 Å². The fourth-order valence-corrected chi connectivity index (χ4v) is 3.56. The third-order valence-corrected chi connectivity index (χ3v) is 4.56. The minimum Gasteiger partial charge on any atom is -0.325 e. The Morgan fingerprint density at radius 2 is 2.06 bits per heavy atom. The molecule has 2 aliphatic rings. The summed E-state index contributed by atoms with van der Waals surface area (Å²) < 4.78 is 0.494. The summed E-state index contributed by atoms with van der Waals surface area (Å²) in [6.07, 6.45) is 4.80. The second-order valence-corrected chi connectivity index (χ2v) is 6.73. The van der Waals surface area contributed by atoms with Crippen molar-refractivity contribution in [1.29, 1.82) is 0 Å². The molecule has 0 aromatic rings. The molecule has 0 aromatic carbocycles. The lowest BCUT2D eigenvalue weighted by Crippen LogP contribution is -2.45. The van der Waals surface area contributed by atoms with Crippen LogP contribution in [0.15, 0.2) is 0 Å². The third-order valence-electron chi connectivity index (χ3n) is 4.56. The molecular weight excluding hydrogens is 214 g/mol. The first kappa shape index (κ1) is 13.0.